The molecular weight excluding hydrogens is 348 g/mol. The van der Waals surface area contributed by atoms with Crippen molar-refractivity contribution < 1.29 is 27.9 Å². The summed E-state index contributed by atoms with van der Waals surface area (Å²) < 4.78 is 31.6. The first kappa shape index (κ1) is 19.1. The van der Waals surface area contributed by atoms with Gasteiger partial charge in [-0.2, -0.15) is 0 Å². The number of H-pyrrole nitrogens is 1. The minimum absolute atomic E-state index is 0.0569. The van der Waals surface area contributed by atoms with E-state index in [1.807, 2.05) is 0 Å². The summed E-state index contributed by atoms with van der Waals surface area (Å²) in [7, 11) is 1.22. The number of aromatic nitrogens is 1. The zero-order valence-electron chi connectivity index (χ0n) is 14.5. The van der Waals surface area contributed by atoms with E-state index in [1.165, 1.54) is 14.0 Å². The van der Waals surface area contributed by atoms with Crippen molar-refractivity contribution in [2.45, 2.75) is 20.8 Å². The highest BCUT2D eigenvalue weighted by Gasteiger charge is 2.23. The summed E-state index contributed by atoms with van der Waals surface area (Å²) in [6, 6.07) is 1.52. The SMILES string of the molecule is COC(=O)c1c(C)[nH]c(C(=O)Nc2cc(F)c(F)cc2NC(C)=O)c1C. The van der Waals surface area contributed by atoms with E-state index in [4.69, 9.17) is 0 Å². The molecule has 2 amide bonds. The van der Waals surface area contributed by atoms with E-state index in [0.29, 0.717) is 11.3 Å². The first-order valence-corrected chi connectivity index (χ1v) is 7.51. The molecule has 138 valence electrons. The summed E-state index contributed by atoms with van der Waals surface area (Å²) in [6.07, 6.45) is 0. The largest absolute Gasteiger partial charge is 0.465 e. The molecule has 0 bridgehead atoms. The van der Waals surface area contributed by atoms with Crippen LogP contribution >= 0.6 is 0 Å². The lowest BCUT2D eigenvalue weighted by Gasteiger charge is -2.12. The van der Waals surface area contributed by atoms with Gasteiger partial charge in [0, 0.05) is 24.8 Å². The number of amides is 2. The molecule has 0 saturated heterocycles. The minimum atomic E-state index is -1.19. The molecule has 0 aliphatic heterocycles. The van der Waals surface area contributed by atoms with E-state index >= 15 is 0 Å². The van der Waals surface area contributed by atoms with E-state index in [2.05, 4.69) is 20.4 Å². The Hall–Kier alpha value is -3.23. The summed E-state index contributed by atoms with van der Waals surface area (Å²) in [5.74, 6) is -4.19. The molecule has 1 aromatic carbocycles. The smallest absolute Gasteiger partial charge is 0.339 e. The van der Waals surface area contributed by atoms with Crippen LogP contribution in [-0.4, -0.2) is 29.9 Å². The number of hydrogen-bond donors (Lipinski definition) is 3. The molecule has 0 radical (unpaired) electrons. The highest BCUT2D eigenvalue weighted by Crippen LogP contribution is 2.27. The fraction of sp³-hybridized carbons (Fsp3) is 0.235. The van der Waals surface area contributed by atoms with Gasteiger partial charge in [0.15, 0.2) is 11.6 Å². The summed E-state index contributed by atoms with van der Waals surface area (Å²) in [5, 5.41) is 4.71. The molecule has 1 aromatic heterocycles. The number of hydrogen-bond acceptors (Lipinski definition) is 4. The standard InChI is InChI=1S/C17H17F2N3O4/c1-7-14(17(25)26-4)8(2)20-15(7)16(24)22-13-6-11(19)10(18)5-12(13)21-9(3)23/h5-6,20H,1-4H3,(H,21,23)(H,22,24). The zero-order chi connectivity index (χ0) is 19.6. The highest BCUT2D eigenvalue weighted by atomic mass is 19.2. The number of anilines is 2. The Balaban J connectivity index is 2.41. The number of carbonyl (C=O) groups excluding carboxylic acids is 3. The van der Waals surface area contributed by atoms with Crippen LogP contribution in [0.3, 0.4) is 0 Å². The second-order valence-electron chi connectivity index (χ2n) is 5.56. The minimum Gasteiger partial charge on any atom is -0.465 e. The first-order valence-electron chi connectivity index (χ1n) is 7.51. The Morgan fingerprint density at radius 1 is 1.04 bits per heavy atom. The lowest BCUT2D eigenvalue weighted by atomic mass is 10.1. The molecule has 1 heterocycles. The second-order valence-corrected chi connectivity index (χ2v) is 5.56. The van der Waals surface area contributed by atoms with Crippen molar-refractivity contribution in [1.82, 2.24) is 4.98 Å². The van der Waals surface area contributed by atoms with Crippen LogP contribution in [0.25, 0.3) is 0 Å². The number of aryl methyl sites for hydroxylation is 1. The molecule has 3 N–H and O–H groups in total. The Kier molecular flexibility index (Phi) is 5.39. The van der Waals surface area contributed by atoms with Crippen LogP contribution in [-0.2, 0) is 9.53 Å². The summed E-state index contributed by atoms with van der Waals surface area (Å²) in [6.45, 7) is 4.33. The molecule has 9 heteroatoms. The molecule has 0 fully saturated rings. The van der Waals surface area contributed by atoms with Gasteiger partial charge in [0.1, 0.15) is 5.69 Å². The lowest BCUT2D eigenvalue weighted by molar-refractivity contribution is -0.114. The number of ether oxygens (including phenoxy) is 1. The van der Waals surface area contributed by atoms with Gasteiger partial charge in [0.05, 0.1) is 24.0 Å². The number of aromatic amines is 1. The molecule has 26 heavy (non-hydrogen) atoms. The van der Waals surface area contributed by atoms with Crippen LogP contribution in [0.15, 0.2) is 12.1 Å². The summed E-state index contributed by atoms with van der Waals surface area (Å²) >= 11 is 0. The van der Waals surface area contributed by atoms with Crippen molar-refractivity contribution in [3.8, 4) is 0 Å². The third-order valence-corrected chi connectivity index (χ3v) is 3.67. The van der Waals surface area contributed by atoms with Crippen LogP contribution in [0.1, 0.15) is 39.0 Å². The van der Waals surface area contributed by atoms with Gasteiger partial charge in [-0.25, -0.2) is 13.6 Å². The molecule has 0 unspecified atom stereocenters. The predicted octanol–water partition coefficient (Wildman–Crippen LogP) is 2.91. The van der Waals surface area contributed by atoms with E-state index in [9.17, 15) is 23.2 Å². The molecule has 2 aromatic rings. The first-order chi connectivity index (χ1) is 12.1. The molecule has 0 spiro atoms. The molecular formula is C17H17F2N3O4. The molecule has 0 aliphatic rings. The van der Waals surface area contributed by atoms with Crippen molar-refractivity contribution >= 4 is 29.2 Å². The number of methoxy groups -OCH3 is 1. The topological polar surface area (TPSA) is 100 Å². The maximum Gasteiger partial charge on any atom is 0.339 e. The number of benzene rings is 1. The van der Waals surface area contributed by atoms with Gasteiger partial charge in [-0.1, -0.05) is 0 Å². The number of rotatable bonds is 4. The van der Waals surface area contributed by atoms with Crippen LogP contribution in [0.2, 0.25) is 0 Å². The van der Waals surface area contributed by atoms with Crippen LogP contribution in [0.4, 0.5) is 20.2 Å². The number of nitrogens with one attached hydrogen (secondary N) is 3. The fourth-order valence-corrected chi connectivity index (χ4v) is 2.51. The second kappa shape index (κ2) is 7.34. The van der Waals surface area contributed by atoms with Gasteiger partial charge in [-0.3, -0.25) is 9.59 Å². The van der Waals surface area contributed by atoms with Crippen LogP contribution in [0, 0.1) is 25.5 Å². The lowest BCUT2D eigenvalue weighted by Crippen LogP contribution is -2.17. The Morgan fingerprint density at radius 3 is 2.08 bits per heavy atom. The molecule has 0 atom stereocenters. The van der Waals surface area contributed by atoms with Crippen molar-refractivity contribution in [2.24, 2.45) is 0 Å². The van der Waals surface area contributed by atoms with E-state index in [0.717, 1.165) is 12.1 Å². The van der Waals surface area contributed by atoms with Gasteiger partial charge in [0.25, 0.3) is 5.91 Å². The Bertz CT molecular complexity index is 906. The van der Waals surface area contributed by atoms with Gasteiger partial charge >= 0.3 is 5.97 Å². The predicted molar refractivity (Wildman–Crippen MR) is 90.2 cm³/mol. The highest BCUT2D eigenvalue weighted by molar-refractivity contribution is 6.09. The van der Waals surface area contributed by atoms with E-state index < -0.39 is 29.4 Å². The average molecular weight is 365 g/mol. The van der Waals surface area contributed by atoms with E-state index in [-0.39, 0.29) is 22.6 Å². The summed E-state index contributed by atoms with van der Waals surface area (Å²) in [4.78, 5) is 38.3. The third-order valence-electron chi connectivity index (χ3n) is 3.67. The normalized spacial score (nSPS) is 10.4. The van der Waals surface area contributed by atoms with Crippen molar-refractivity contribution in [3.63, 3.8) is 0 Å². The monoisotopic (exact) mass is 365 g/mol. The van der Waals surface area contributed by atoms with Crippen LogP contribution in [0.5, 0.6) is 0 Å². The Labute approximate surface area is 147 Å². The van der Waals surface area contributed by atoms with Crippen molar-refractivity contribution in [2.75, 3.05) is 17.7 Å². The average Bonchev–Trinajstić information content (AvgIpc) is 2.85. The maximum atomic E-state index is 13.5. The van der Waals surface area contributed by atoms with Crippen LogP contribution < -0.4 is 10.6 Å². The van der Waals surface area contributed by atoms with Gasteiger partial charge in [0.2, 0.25) is 5.91 Å². The zero-order valence-corrected chi connectivity index (χ0v) is 14.5. The number of halogens is 2. The Morgan fingerprint density at radius 2 is 1.58 bits per heavy atom. The quantitative estimate of drug-likeness (QED) is 0.725. The number of esters is 1. The van der Waals surface area contributed by atoms with E-state index in [1.54, 1.807) is 13.8 Å². The summed E-state index contributed by atoms with van der Waals surface area (Å²) in [5.41, 5.74) is 0.808. The molecule has 7 nitrogen and oxygen atoms in total. The van der Waals surface area contributed by atoms with Crippen molar-refractivity contribution in [1.29, 1.82) is 0 Å². The third kappa shape index (κ3) is 3.71. The fourth-order valence-electron chi connectivity index (χ4n) is 2.51. The van der Waals surface area contributed by atoms with Gasteiger partial charge in [-0.15, -0.1) is 0 Å². The maximum absolute atomic E-state index is 13.5. The molecule has 2 rings (SSSR count). The number of carbonyl (C=O) groups is 3. The molecule has 0 saturated carbocycles. The van der Waals surface area contributed by atoms with Gasteiger partial charge < -0.3 is 20.4 Å². The van der Waals surface area contributed by atoms with Crippen molar-refractivity contribution in [3.05, 3.63) is 46.3 Å². The van der Waals surface area contributed by atoms with Gasteiger partial charge in [-0.05, 0) is 19.4 Å². The molecule has 0 aliphatic carbocycles.